The minimum atomic E-state index is -0.508. The van der Waals surface area contributed by atoms with E-state index in [1.165, 1.54) is 0 Å². The van der Waals surface area contributed by atoms with E-state index in [2.05, 4.69) is 65.2 Å². The van der Waals surface area contributed by atoms with Crippen molar-refractivity contribution >= 4 is 5.91 Å². The molecule has 1 aliphatic rings. The average Bonchev–Trinajstić information content (AvgIpc) is 3.04. The van der Waals surface area contributed by atoms with Gasteiger partial charge in [0.05, 0.1) is 24.4 Å². The molecule has 3 atom stereocenters. The van der Waals surface area contributed by atoms with E-state index in [0.29, 0.717) is 12.1 Å². The smallest absolute Gasteiger partial charge is 0.253 e. The van der Waals surface area contributed by atoms with Gasteiger partial charge in [0.15, 0.2) is 6.29 Å². The first kappa shape index (κ1) is 29.4. The highest BCUT2D eigenvalue weighted by molar-refractivity contribution is 5.93. The Hall–Kier alpha value is -4.14. The molecule has 2 N–H and O–H groups in total. The van der Waals surface area contributed by atoms with Crippen LogP contribution in [-0.4, -0.2) is 47.1 Å². The number of amides is 1. The molecule has 1 aromatic heterocycles. The van der Waals surface area contributed by atoms with Gasteiger partial charge in [-0.15, -0.1) is 6.58 Å². The van der Waals surface area contributed by atoms with Crippen molar-refractivity contribution in [2.24, 2.45) is 0 Å². The van der Waals surface area contributed by atoms with Crippen LogP contribution in [-0.2, 0) is 22.6 Å². The second-order valence-electron chi connectivity index (χ2n) is 10.6. The van der Waals surface area contributed by atoms with Gasteiger partial charge in [-0.25, -0.2) is 0 Å². The van der Waals surface area contributed by atoms with E-state index in [4.69, 9.17) is 9.47 Å². The normalized spacial score (nSPS) is 18.5. The van der Waals surface area contributed by atoms with Gasteiger partial charge in [0.25, 0.3) is 5.91 Å². The maximum Gasteiger partial charge on any atom is 0.253 e. The van der Waals surface area contributed by atoms with Crippen LogP contribution in [0.5, 0.6) is 0 Å². The Morgan fingerprint density at radius 3 is 2.50 bits per heavy atom. The first-order valence-electron chi connectivity index (χ1n) is 14.2. The summed E-state index contributed by atoms with van der Waals surface area (Å²) in [6.07, 6.45) is 5.18. The third-order valence-electron chi connectivity index (χ3n) is 7.39. The summed E-state index contributed by atoms with van der Waals surface area (Å²) in [6, 6.07) is 27.8. The Morgan fingerprint density at radius 1 is 1.00 bits per heavy atom. The Labute approximate surface area is 247 Å². The van der Waals surface area contributed by atoms with Gasteiger partial charge in [0, 0.05) is 44.0 Å². The number of pyridine rings is 1. The zero-order valence-electron chi connectivity index (χ0n) is 23.9. The van der Waals surface area contributed by atoms with Gasteiger partial charge in [-0.05, 0) is 53.1 Å². The summed E-state index contributed by atoms with van der Waals surface area (Å²) in [5.41, 5.74) is 6.57. The lowest BCUT2D eigenvalue weighted by Gasteiger charge is -2.37. The minimum absolute atomic E-state index is 0.0157. The van der Waals surface area contributed by atoms with Crippen molar-refractivity contribution in [1.29, 1.82) is 0 Å². The first-order chi connectivity index (χ1) is 20.5. The van der Waals surface area contributed by atoms with E-state index in [1.54, 1.807) is 24.5 Å². The number of nitrogens with one attached hydrogen (secondary N) is 1. The summed E-state index contributed by atoms with van der Waals surface area (Å²) in [4.78, 5) is 18.6. The molecule has 4 aromatic rings. The molecule has 7 nitrogen and oxygen atoms in total. The number of aliphatic hydroxyl groups is 1. The molecular weight excluding hydrogens is 526 g/mol. The van der Waals surface area contributed by atoms with Crippen molar-refractivity contribution in [3.63, 3.8) is 0 Å². The summed E-state index contributed by atoms with van der Waals surface area (Å²) >= 11 is 0. The van der Waals surface area contributed by atoms with Gasteiger partial charge in [0.2, 0.25) is 0 Å². The third-order valence-corrected chi connectivity index (χ3v) is 7.39. The van der Waals surface area contributed by atoms with Crippen LogP contribution in [0.1, 0.15) is 51.4 Å². The summed E-state index contributed by atoms with van der Waals surface area (Å²) in [6.45, 7) is 5.84. The van der Waals surface area contributed by atoms with E-state index in [9.17, 15) is 9.90 Å². The van der Waals surface area contributed by atoms with Crippen molar-refractivity contribution in [3.8, 4) is 11.1 Å². The van der Waals surface area contributed by atoms with Crippen molar-refractivity contribution in [1.82, 2.24) is 15.2 Å². The number of hydrogen-bond donors (Lipinski definition) is 2. The predicted octanol–water partition coefficient (Wildman–Crippen LogP) is 5.83. The first-order valence-corrected chi connectivity index (χ1v) is 14.2. The van der Waals surface area contributed by atoms with E-state index >= 15 is 0 Å². The second-order valence-corrected chi connectivity index (χ2v) is 10.6. The number of likely N-dealkylation sites (N-methyl/N-ethyl adjacent to an activating group) is 1. The average molecular weight is 564 g/mol. The number of carbonyl (C=O) groups is 1. The zero-order valence-corrected chi connectivity index (χ0v) is 23.9. The number of aromatic nitrogens is 1. The molecule has 1 aliphatic heterocycles. The monoisotopic (exact) mass is 563 g/mol. The molecule has 3 aromatic carbocycles. The molecule has 0 aliphatic carbocycles. The molecule has 0 radical (unpaired) electrons. The molecule has 2 heterocycles. The number of nitrogens with zero attached hydrogens (tertiary/aromatic N) is 2. The summed E-state index contributed by atoms with van der Waals surface area (Å²) in [7, 11) is 2.06. The standard InChI is InChI=1S/C35H37N3O4/c1-3-18-38(2)23-32-20-33(28-11-9-25(24-39)10-12-28)42-35(41-32)29-15-13-27(14-16-29)30-7-4-6-26(19-30)21-37-34(40)31-8-5-17-36-22-31/h3-17,19,22,32-33,35,39H,1,18,20-21,23-24H2,2H3,(H,37,40)/t32-,33+,35+/m0/s1. The molecule has 7 heteroatoms. The summed E-state index contributed by atoms with van der Waals surface area (Å²) in [5.74, 6) is -0.151. The fourth-order valence-corrected chi connectivity index (χ4v) is 5.15. The van der Waals surface area contributed by atoms with Crippen molar-refractivity contribution in [2.75, 3.05) is 20.1 Å². The Morgan fingerprint density at radius 2 is 1.79 bits per heavy atom. The van der Waals surface area contributed by atoms with Crippen LogP contribution in [0.4, 0.5) is 0 Å². The predicted molar refractivity (Wildman–Crippen MR) is 163 cm³/mol. The fraction of sp³-hybridized carbons (Fsp3) is 0.257. The number of carbonyl (C=O) groups excluding carboxylic acids is 1. The van der Waals surface area contributed by atoms with Crippen LogP contribution in [0.15, 0.2) is 110 Å². The van der Waals surface area contributed by atoms with Gasteiger partial charge >= 0.3 is 0 Å². The number of benzene rings is 3. The SMILES string of the molecule is C=CCN(C)C[C@@H]1C[C@H](c2ccc(CO)cc2)O[C@H](c2ccc(-c3cccc(CNC(=O)c4cccnc4)c3)cc2)O1. The third kappa shape index (κ3) is 7.57. The molecule has 216 valence electrons. The van der Waals surface area contributed by atoms with Crippen LogP contribution < -0.4 is 5.32 Å². The van der Waals surface area contributed by atoms with Gasteiger partial charge in [-0.3, -0.25) is 9.78 Å². The molecule has 1 fully saturated rings. The topological polar surface area (TPSA) is 83.9 Å². The zero-order chi connectivity index (χ0) is 29.3. The van der Waals surface area contributed by atoms with Crippen LogP contribution in [0.3, 0.4) is 0 Å². The molecule has 0 bridgehead atoms. The maximum absolute atomic E-state index is 12.4. The van der Waals surface area contributed by atoms with Crippen LogP contribution >= 0.6 is 0 Å². The van der Waals surface area contributed by atoms with Crippen molar-refractivity contribution in [3.05, 3.63) is 138 Å². The molecule has 0 spiro atoms. The van der Waals surface area contributed by atoms with E-state index < -0.39 is 6.29 Å². The van der Waals surface area contributed by atoms with E-state index in [-0.39, 0.29) is 24.7 Å². The van der Waals surface area contributed by atoms with Gasteiger partial charge in [-0.2, -0.15) is 0 Å². The lowest BCUT2D eigenvalue weighted by atomic mass is 9.99. The Kier molecular flexibility index (Phi) is 9.90. The minimum Gasteiger partial charge on any atom is -0.392 e. The number of aliphatic hydroxyl groups excluding tert-OH is 1. The van der Waals surface area contributed by atoms with Gasteiger partial charge < -0.3 is 24.8 Å². The Balaban J connectivity index is 1.29. The molecular formula is C35H37N3O4. The highest BCUT2D eigenvalue weighted by Crippen LogP contribution is 2.38. The van der Waals surface area contributed by atoms with Crippen LogP contribution in [0.25, 0.3) is 11.1 Å². The van der Waals surface area contributed by atoms with Crippen molar-refractivity contribution < 1.29 is 19.4 Å². The van der Waals surface area contributed by atoms with Crippen LogP contribution in [0.2, 0.25) is 0 Å². The molecule has 5 rings (SSSR count). The molecule has 1 saturated heterocycles. The highest BCUT2D eigenvalue weighted by Gasteiger charge is 2.32. The lowest BCUT2D eigenvalue weighted by Crippen LogP contribution is -2.37. The Bertz CT molecular complexity index is 1460. The van der Waals surface area contributed by atoms with Crippen LogP contribution in [0, 0.1) is 0 Å². The van der Waals surface area contributed by atoms with E-state index in [0.717, 1.165) is 52.9 Å². The number of rotatable bonds is 11. The largest absolute Gasteiger partial charge is 0.392 e. The second kappa shape index (κ2) is 14.2. The fourth-order valence-electron chi connectivity index (χ4n) is 5.15. The van der Waals surface area contributed by atoms with E-state index in [1.807, 2.05) is 42.5 Å². The molecule has 0 saturated carbocycles. The number of hydrogen-bond acceptors (Lipinski definition) is 6. The maximum atomic E-state index is 12.4. The summed E-state index contributed by atoms with van der Waals surface area (Å²) < 4.78 is 13.0. The summed E-state index contributed by atoms with van der Waals surface area (Å²) in [5, 5.41) is 12.4. The molecule has 42 heavy (non-hydrogen) atoms. The van der Waals surface area contributed by atoms with Gasteiger partial charge in [0.1, 0.15) is 0 Å². The number of ether oxygens (including phenoxy) is 2. The lowest BCUT2D eigenvalue weighted by molar-refractivity contribution is -0.252. The quantitative estimate of drug-likeness (QED) is 0.223. The highest BCUT2D eigenvalue weighted by atomic mass is 16.7. The van der Waals surface area contributed by atoms with Gasteiger partial charge in [-0.1, -0.05) is 72.8 Å². The molecule has 0 unspecified atom stereocenters. The van der Waals surface area contributed by atoms with Crippen molar-refractivity contribution in [2.45, 2.75) is 38.1 Å². The molecule has 1 amide bonds.